The number of likely N-dealkylation sites (N-methyl/N-ethyl adjacent to an activating group) is 1. The first-order chi connectivity index (χ1) is 15.9. The fraction of sp³-hybridized carbons (Fsp3) is 0.625. The lowest BCUT2D eigenvalue weighted by Crippen LogP contribution is -2.54. The quantitative estimate of drug-likeness (QED) is 0.675. The number of fused-ring (bicyclic) bond motifs is 2. The topological polar surface area (TPSA) is 106 Å². The van der Waals surface area contributed by atoms with Gasteiger partial charge < -0.3 is 29.7 Å². The number of benzene rings is 1. The first-order valence-electron chi connectivity index (χ1n) is 11.7. The zero-order valence-electron chi connectivity index (χ0n) is 19.3. The van der Waals surface area contributed by atoms with Gasteiger partial charge in [-0.3, -0.25) is 14.4 Å². The van der Waals surface area contributed by atoms with Crippen LogP contribution in [0.25, 0.3) is 0 Å². The van der Waals surface area contributed by atoms with Crippen LogP contribution in [0.5, 0.6) is 5.75 Å². The van der Waals surface area contributed by atoms with E-state index in [1.165, 1.54) is 20.0 Å². The Morgan fingerprint density at radius 3 is 2.70 bits per heavy atom. The van der Waals surface area contributed by atoms with Gasteiger partial charge in [0.05, 0.1) is 24.1 Å². The van der Waals surface area contributed by atoms with Crippen LogP contribution in [0.3, 0.4) is 0 Å². The molecule has 1 saturated carbocycles. The van der Waals surface area contributed by atoms with E-state index in [0.717, 1.165) is 19.3 Å². The summed E-state index contributed by atoms with van der Waals surface area (Å²) in [4.78, 5) is 39.2. The van der Waals surface area contributed by atoms with E-state index in [2.05, 4.69) is 10.6 Å². The summed E-state index contributed by atoms with van der Waals surface area (Å²) in [6.45, 7) is 0.216. The van der Waals surface area contributed by atoms with E-state index in [1.807, 2.05) is 0 Å². The minimum absolute atomic E-state index is 0.0370. The van der Waals surface area contributed by atoms with Crippen LogP contribution in [0.15, 0.2) is 18.2 Å². The molecule has 3 aliphatic rings. The molecule has 0 unspecified atom stereocenters. The number of hydrogen-bond donors (Lipinski definition) is 2. The van der Waals surface area contributed by atoms with Crippen LogP contribution in [0.4, 0.5) is 5.69 Å². The molecule has 3 atom stereocenters. The van der Waals surface area contributed by atoms with Crippen molar-refractivity contribution in [3.8, 4) is 5.75 Å². The van der Waals surface area contributed by atoms with Crippen molar-refractivity contribution in [2.45, 2.75) is 69.2 Å². The van der Waals surface area contributed by atoms with Gasteiger partial charge in [-0.2, -0.15) is 0 Å². The van der Waals surface area contributed by atoms with Crippen molar-refractivity contribution in [2.75, 3.05) is 32.7 Å². The van der Waals surface area contributed by atoms with Crippen molar-refractivity contribution in [2.24, 2.45) is 0 Å². The predicted octanol–water partition coefficient (Wildman–Crippen LogP) is 2.10. The van der Waals surface area contributed by atoms with Gasteiger partial charge >= 0.3 is 0 Å². The lowest BCUT2D eigenvalue weighted by molar-refractivity contribution is -0.134. The molecule has 0 radical (unpaired) electrons. The molecule has 180 valence electrons. The molecule has 9 nitrogen and oxygen atoms in total. The third-order valence-electron chi connectivity index (χ3n) is 6.70. The molecule has 2 heterocycles. The Morgan fingerprint density at radius 2 is 1.94 bits per heavy atom. The van der Waals surface area contributed by atoms with Gasteiger partial charge in [-0.1, -0.05) is 12.8 Å². The molecule has 33 heavy (non-hydrogen) atoms. The molecule has 0 bridgehead atoms. The summed E-state index contributed by atoms with van der Waals surface area (Å²) < 4.78 is 17.1. The van der Waals surface area contributed by atoms with E-state index < -0.39 is 0 Å². The second-order valence-corrected chi connectivity index (χ2v) is 9.11. The summed E-state index contributed by atoms with van der Waals surface area (Å²) in [5.74, 6) is -0.00739. The van der Waals surface area contributed by atoms with E-state index in [4.69, 9.17) is 14.2 Å². The Bertz CT molecular complexity index is 885. The molecule has 3 amide bonds. The second kappa shape index (κ2) is 10.5. The summed E-state index contributed by atoms with van der Waals surface area (Å²) >= 11 is 0. The molecule has 9 heteroatoms. The highest BCUT2D eigenvalue weighted by atomic mass is 16.5. The molecule has 1 aromatic rings. The highest BCUT2D eigenvalue weighted by Gasteiger charge is 2.39. The number of amides is 3. The molecule has 1 aliphatic carbocycles. The number of anilines is 1. The summed E-state index contributed by atoms with van der Waals surface area (Å²) in [7, 11) is 3.21. The number of nitrogens with zero attached hydrogens (tertiary/aromatic N) is 1. The third kappa shape index (κ3) is 5.65. The van der Waals surface area contributed by atoms with Crippen LogP contribution in [0, 0.1) is 0 Å². The van der Waals surface area contributed by atoms with Gasteiger partial charge in [0, 0.05) is 25.9 Å². The number of nitrogens with one attached hydrogen (secondary N) is 2. The Morgan fingerprint density at radius 1 is 1.15 bits per heavy atom. The molecule has 0 aromatic heterocycles. The fourth-order valence-corrected chi connectivity index (χ4v) is 5.00. The smallest absolute Gasteiger partial charge is 0.257 e. The van der Waals surface area contributed by atoms with Gasteiger partial charge in [-0.15, -0.1) is 0 Å². The van der Waals surface area contributed by atoms with E-state index in [1.54, 1.807) is 30.1 Å². The first-order valence-corrected chi connectivity index (χ1v) is 11.7. The van der Waals surface area contributed by atoms with Crippen LogP contribution in [0.2, 0.25) is 0 Å². The minimum atomic E-state index is -0.314. The molecule has 2 fully saturated rings. The predicted molar refractivity (Wildman–Crippen MR) is 121 cm³/mol. The Hall–Kier alpha value is -2.65. The lowest BCUT2D eigenvalue weighted by atomic mass is 9.94. The first kappa shape index (κ1) is 23.5. The molecule has 1 aromatic carbocycles. The van der Waals surface area contributed by atoms with Gasteiger partial charge in [0.25, 0.3) is 5.91 Å². The van der Waals surface area contributed by atoms with Gasteiger partial charge in [0.2, 0.25) is 11.8 Å². The van der Waals surface area contributed by atoms with Crippen molar-refractivity contribution in [1.29, 1.82) is 0 Å². The van der Waals surface area contributed by atoms with E-state index in [-0.39, 0.29) is 49.2 Å². The van der Waals surface area contributed by atoms with Crippen LogP contribution < -0.4 is 15.4 Å². The molecular weight excluding hydrogens is 426 g/mol. The maximum atomic E-state index is 13.2. The van der Waals surface area contributed by atoms with E-state index in [0.29, 0.717) is 35.9 Å². The number of carbonyl (C=O) groups is 3. The number of rotatable bonds is 6. The van der Waals surface area contributed by atoms with Crippen molar-refractivity contribution >= 4 is 23.4 Å². The summed E-state index contributed by atoms with van der Waals surface area (Å²) in [5.41, 5.74) is 0.899. The van der Waals surface area contributed by atoms with Crippen LogP contribution >= 0.6 is 0 Å². The Balaban J connectivity index is 1.41. The van der Waals surface area contributed by atoms with Crippen LogP contribution in [-0.4, -0.2) is 74.3 Å². The van der Waals surface area contributed by atoms with Gasteiger partial charge in [-0.25, -0.2) is 0 Å². The highest BCUT2D eigenvalue weighted by Crippen LogP contribution is 2.32. The fourth-order valence-electron chi connectivity index (χ4n) is 5.00. The molecular formula is C24H33N3O6. The third-order valence-corrected chi connectivity index (χ3v) is 6.70. The van der Waals surface area contributed by atoms with Gasteiger partial charge in [-0.05, 0) is 43.9 Å². The summed E-state index contributed by atoms with van der Waals surface area (Å²) in [5, 5.41) is 5.84. The Labute approximate surface area is 194 Å². The van der Waals surface area contributed by atoms with Crippen molar-refractivity contribution < 1.29 is 28.6 Å². The molecule has 4 rings (SSSR count). The van der Waals surface area contributed by atoms with Crippen molar-refractivity contribution in [3.63, 3.8) is 0 Å². The second-order valence-electron chi connectivity index (χ2n) is 9.11. The number of ether oxygens (including phenoxy) is 3. The number of hydrogen-bond acceptors (Lipinski definition) is 6. The zero-order chi connectivity index (χ0) is 23.4. The van der Waals surface area contributed by atoms with Crippen molar-refractivity contribution in [1.82, 2.24) is 10.2 Å². The maximum absolute atomic E-state index is 13.2. The summed E-state index contributed by atoms with van der Waals surface area (Å²) in [6, 6.07) is 5.15. The van der Waals surface area contributed by atoms with Crippen LogP contribution in [0.1, 0.15) is 55.3 Å². The average molecular weight is 460 g/mol. The van der Waals surface area contributed by atoms with Gasteiger partial charge in [0.15, 0.2) is 0 Å². The molecule has 0 spiro atoms. The van der Waals surface area contributed by atoms with Crippen molar-refractivity contribution in [3.05, 3.63) is 23.8 Å². The maximum Gasteiger partial charge on any atom is 0.257 e. The van der Waals surface area contributed by atoms with E-state index >= 15 is 0 Å². The minimum Gasteiger partial charge on any atom is -0.490 e. The van der Waals surface area contributed by atoms with Crippen LogP contribution in [-0.2, 0) is 19.1 Å². The number of methoxy groups -OCH3 is 1. The average Bonchev–Trinajstić information content (AvgIpc) is 3.29. The highest BCUT2D eigenvalue weighted by molar-refractivity contribution is 6.00. The molecule has 2 aliphatic heterocycles. The standard InChI is InChI=1S/C24H33N3O6/c1-27-19-9-8-17(12-22(28)25-15-5-3-4-6-15)33-21(19)13-32-20-10-7-16(11-18(20)24(27)30)26-23(29)14-31-2/h7,10-11,15,17,19,21H,3-6,8-9,12-14H2,1-2H3,(H,25,28)(H,26,29)/t17-,19+,21-/m1/s1. The van der Waals surface area contributed by atoms with E-state index in [9.17, 15) is 14.4 Å². The largest absolute Gasteiger partial charge is 0.490 e. The van der Waals surface area contributed by atoms with Gasteiger partial charge in [0.1, 0.15) is 25.1 Å². The molecule has 1 saturated heterocycles. The lowest BCUT2D eigenvalue weighted by Gasteiger charge is -2.42. The zero-order valence-corrected chi connectivity index (χ0v) is 19.3. The number of carbonyl (C=O) groups excluding carboxylic acids is 3. The SMILES string of the molecule is COCC(=O)Nc1ccc2c(c1)C(=O)N(C)[C@H]1CC[C@H](CC(=O)NC3CCCC3)O[C@@H]1CO2. The Kier molecular flexibility index (Phi) is 7.49. The monoisotopic (exact) mass is 459 g/mol. The molecule has 2 N–H and O–H groups in total. The summed E-state index contributed by atoms with van der Waals surface area (Å²) in [6.07, 6.45) is 5.74. The normalized spacial score (nSPS) is 25.3.